The molecule has 3 rings (SSSR count). The smallest absolute Gasteiger partial charge is 0.197 e. The molecule has 1 unspecified atom stereocenters. The minimum Gasteiger partial charge on any atom is -0.441 e. The molecule has 0 aliphatic carbocycles. The summed E-state index contributed by atoms with van der Waals surface area (Å²) in [6, 6.07) is 6.69. The van der Waals surface area contributed by atoms with Gasteiger partial charge in [-0.1, -0.05) is 6.07 Å². The Morgan fingerprint density at radius 2 is 2.44 bits per heavy atom. The van der Waals surface area contributed by atoms with E-state index in [0.717, 1.165) is 30.0 Å². The number of oxazole rings is 1. The molecule has 0 radical (unpaired) electrons. The summed E-state index contributed by atoms with van der Waals surface area (Å²) in [5.74, 6) is 0.861. The predicted molar refractivity (Wildman–Crippen MR) is 63.5 cm³/mol. The fourth-order valence-corrected chi connectivity index (χ4v) is 2.31. The van der Waals surface area contributed by atoms with Gasteiger partial charge in [0.1, 0.15) is 5.52 Å². The van der Waals surface area contributed by atoms with Crippen LogP contribution in [-0.4, -0.2) is 17.6 Å². The summed E-state index contributed by atoms with van der Waals surface area (Å²) < 4.78 is 5.73. The van der Waals surface area contributed by atoms with Gasteiger partial charge in [-0.25, -0.2) is 4.98 Å². The van der Waals surface area contributed by atoms with Crippen LogP contribution in [0.3, 0.4) is 0 Å². The molecule has 3 heteroatoms. The van der Waals surface area contributed by atoms with Gasteiger partial charge in [0.05, 0.1) is 0 Å². The summed E-state index contributed by atoms with van der Waals surface area (Å²) >= 11 is 0. The molecule has 1 N–H and O–H groups in total. The largest absolute Gasteiger partial charge is 0.441 e. The van der Waals surface area contributed by atoms with Crippen molar-refractivity contribution < 1.29 is 4.42 Å². The van der Waals surface area contributed by atoms with Crippen molar-refractivity contribution in [1.29, 1.82) is 0 Å². The molecular weight excluding hydrogens is 200 g/mol. The Hall–Kier alpha value is -1.35. The zero-order valence-corrected chi connectivity index (χ0v) is 9.49. The molecule has 0 spiro atoms. The molecule has 1 aromatic heterocycles. The molecule has 2 heterocycles. The molecule has 1 fully saturated rings. The molecule has 84 valence electrons. The third-order valence-corrected chi connectivity index (χ3v) is 3.17. The lowest BCUT2D eigenvalue weighted by molar-refractivity contribution is 0.478. The highest BCUT2D eigenvalue weighted by Crippen LogP contribution is 2.19. The van der Waals surface area contributed by atoms with Crippen molar-refractivity contribution in [2.75, 3.05) is 6.54 Å². The van der Waals surface area contributed by atoms with Crippen LogP contribution in [0.15, 0.2) is 22.6 Å². The lowest BCUT2D eigenvalue weighted by atomic mass is 10.1. The van der Waals surface area contributed by atoms with E-state index in [2.05, 4.69) is 29.4 Å². The molecule has 1 atom stereocenters. The second kappa shape index (κ2) is 3.91. The van der Waals surface area contributed by atoms with Crippen molar-refractivity contribution in [3.63, 3.8) is 0 Å². The van der Waals surface area contributed by atoms with Gasteiger partial charge in [-0.2, -0.15) is 0 Å². The van der Waals surface area contributed by atoms with Crippen molar-refractivity contribution in [2.24, 2.45) is 0 Å². The monoisotopic (exact) mass is 216 g/mol. The maximum absolute atomic E-state index is 5.73. The Morgan fingerprint density at radius 1 is 1.50 bits per heavy atom. The highest BCUT2D eigenvalue weighted by molar-refractivity contribution is 5.73. The van der Waals surface area contributed by atoms with Gasteiger partial charge in [-0.3, -0.25) is 0 Å². The Balaban J connectivity index is 1.86. The van der Waals surface area contributed by atoms with E-state index >= 15 is 0 Å². The van der Waals surface area contributed by atoms with Crippen molar-refractivity contribution in [3.8, 4) is 0 Å². The maximum Gasteiger partial charge on any atom is 0.197 e. The van der Waals surface area contributed by atoms with Crippen molar-refractivity contribution in [2.45, 2.75) is 32.2 Å². The number of nitrogens with one attached hydrogen (secondary N) is 1. The fraction of sp³-hybridized carbons (Fsp3) is 0.462. The highest BCUT2D eigenvalue weighted by Gasteiger charge is 2.17. The van der Waals surface area contributed by atoms with Crippen LogP contribution in [0.2, 0.25) is 0 Å². The van der Waals surface area contributed by atoms with Gasteiger partial charge in [0.25, 0.3) is 0 Å². The van der Waals surface area contributed by atoms with Crippen LogP contribution in [0.5, 0.6) is 0 Å². The minimum absolute atomic E-state index is 0.550. The number of hydrogen-bond acceptors (Lipinski definition) is 3. The normalized spacial score (nSPS) is 20.7. The molecule has 0 bridgehead atoms. The number of aryl methyl sites for hydroxylation is 1. The first-order valence-corrected chi connectivity index (χ1v) is 5.91. The second-order valence-corrected chi connectivity index (χ2v) is 4.58. The SMILES string of the molecule is Cc1ccc2oc(CC3CCCN3)nc2c1. The zero-order chi connectivity index (χ0) is 11.0. The predicted octanol–water partition coefficient (Wildman–Crippen LogP) is 2.43. The van der Waals surface area contributed by atoms with E-state index < -0.39 is 0 Å². The zero-order valence-electron chi connectivity index (χ0n) is 9.49. The molecular formula is C13H16N2O. The van der Waals surface area contributed by atoms with Gasteiger partial charge in [-0.15, -0.1) is 0 Å². The summed E-state index contributed by atoms with van der Waals surface area (Å²) in [4.78, 5) is 4.53. The molecule has 1 saturated heterocycles. The van der Waals surface area contributed by atoms with Crippen LogP contribution < -0.4 is 5.32 Å². The van der Waals surface area contributed by atoms with Gasteiger partial charge in [0.2, 0.25) is 0 Å². The maximum atomic E-state index is 5.73. The van der Waals surface area contributed by atoms with Crippen LogP contribution in [0, 0.1) is 6.92 Å². The van der Waals surface area contributed by atoms with Gasteiger partial charge >= 0.3 is 0 Å². The summed E-state index contributed by atoms with van der Waals surface area (Å²) in [5, 5.41) is 3.46. The van der Waals surface area contributed by atoms with Crippen molar-refractivity contribution >= 4 is 11.1 Å². The van der Waals surface area contributed by atoms with Crippen LogP contribution >= 0.6 is 0 Å². The summed E-state index contributed by atoms with van der Waals surface area (Å²) in [7, 11) is 0. The van der Waals surface area contributed by atoms with E-state index in [-0.39, 0.29) is 0 Å². The molecule has 16 heavy (non-hydrogen) atoms. The average molecular weight is 216 g/mol. The third kappa shape index (κ3) is 1.83. The van der Waals surface area contributed by atoms with Gasteiger partial charge in [-0.05, 0) is 44.0 Å². The molecule has 3 nitrogen and oxygen atoms in total. The number of nitrogens with zero attached hydrogens (tertiary/aromatic N) is 1. The molecule has 1 aliphatic rings. The lowest BCUT2D eigenvalue weighted by Crippen LogP contribution is -2.23. The Bertz CT molecular complexity index is 498. The molecule has 2 aromatic rings. The quantitative estimate of drug-likeness (QED) is 0.837. The molecule has 1 aliphatic heterocycles. The van der Waals surface area contributed by atoms with E-state index in [1.165, 1.54) is 18.4 Å². The average Bonchev–Trinajstić information content (AvgIpc) is 2.86. The first kappa shape index (κ1) is 9.85. The van der Waals surface area contributed by atoms with Gasteiger partial charge in [0, 0.05) is 12.5 Å². The van der Waals surface area contributed by atoms with Crippen LogP contribution in [0.1, 0.15) is 24.3 Å². The molecule has 1 aromatic carbocycles. The van der Waals surface area contributed by atoms with E-state index in [9.17, 15) is 0 Å². The standard InChI is InChI=1S/C13H16N2O/c1-9-4-5-12-11(7-9)15-13(16-12)8-10-3-2-6-14-10/h4-5,7,10,14H,2-3,6,8H2,1H3. The summed E-state index contributed by atoms with van der Waals surface area (Å²) in [5.41, 5.74) is 3.11. The summed E-state index contributed by atoms with van der Waals surface area (Å²) in [6.07, 6.45) is 3.41. The van der Waals surface area contributed by atoms with Crippen LogP contribution in [0.25, 0.3) is 11.1 Å². The first-order valence-electron chi connectivity index (χ1n) is 5.91. The topological polar surface area (TPSA) is 38.1 Å². The fourth-order valence-electron chi connectivity index (χ4n) is 2.31. The Morgan fingerprint density at radius 3 is 3.25 bits per heavy atom. The second-order valence-electron chi connectivity index (χ2n) is 4.58. The van der Waals surface area contributed by atoms with Crippen LogP contribution in [-0.2, 0) is 6.42 Å². The lowest BCUT2D eigenvalue weighted by Gasteiger charge is -2.05. The van der Waals surface area contributed by atoms with Gasteiger partial charge < -0.3 is 9.73 Å². The van der Waals surface area contributed by atoms with Crippen LogP contribution in [0.4, 0.5) is 0 Å². The first-order chi connectivity index (χ1) is 7.81. The van der Waals surface area contributed by atoms with E-state index in [1.54, 1.807) is 0 Å². The van der Waals surface area contributed by atoms with E-state index in [4.69, 9.17) is 4.42 Å². The van der Waals surface area contributed by atoms with E-state index in [1.807, 2.05) is 6.07 Å². The Labute approximate surface area is 94.9 Å². The third-order valence-electron chi connectivity index (χ3n) is 3.17. The molecule has 0 amide bonds. The minimum atomic E-state index is 0.550. The highest BCUT2D eigenvalue weighted by atomic mass is 16.3. The van der Waals surface area contributed by atoms with Crippen molar-refractivity contribution in [1.82, 2.24) is 10.3 Å². The number of rotatable bonds is 2. The number of hydrogen-bond donors (Lipinski definition) is 1. The number of benzene rings is 1. The number of aromatic nitrogens is 1. The van der Waals surface area contributed by atoms with Crippen molar-refractivity contribution in [3.05, 3.63) is 29.7 Å². The Kier molecular flexibility index (Phi) is 2.40. The van der Waals surface area contributed by atoms with Gasteiger partial charge in [0.15, 0.2) is 11.5 Å². The van der Waals surface area contributed by atoms with E-state index in [0.29, 0.717) is 6.04 Å². The molecule has 0 saturated carbocycles. The number of fused-ring (bicyclic) bond motifs is 1. The summed E-state index contributed by atoms with van der Waals surface area (Å²) in [6.45, 7) is 3.20.